The fourth-order valence-corrected chi connectivity index (χ4v) is 10.7. The number of aliphatic hydroxyl groups excluding tert-OH is 4. The minimum Gasteiger partial charge on any atom is -0.507 e. The Bertz CT molecular complexity index is 2000. The lowest BCUT2D eigenvalue weighted by Gasteiger charge is -2.51. The molecular formula is C48H62O8. The van der Waals surface area contributed by atoms with E-state index in [9.17, 15) is 40.9 Å². The van der Waals surface area contributed by atoms with Gasteiger partial charge in [0.1, 0.15) is 23.0 Å². The van der Waals surface area contributed by atoms with Crippen LogP contribution in [-0.4, -0.2) is 40.9 Å². The Morgan fingerprint density at radius 1 is 0.536 bits per heavy atom. The Balaban J connectivity index is 1.33. The summed E-state index contributed by atoms with van der Waals surface area (Å²) in [4.78, 5) is 0. The molecule has 0 bridgehead atoms. The maximum atomic E-state index is 10.8. The van der Waals surface area contributed by atoms with Gasteiger partial charge in [0.25, 0.3) is 0 Å². The first-order valence-electron chi connectivity index (χ1n) is 20.3. The van der Waals surface area contributed by atoms with Crippen molar-refractivity contribution in [3.05, 3.63) is 115 Å². The highest BCUT2D eigenvalue weighted by Crippen LogP contribution is 2.57. The summed E-state index contributed by atoms with van der Waals surface area (Å²) in [6, 6.07) is 15.9. The Kier molecular flexibility index (Phi) is 12.2. The smallest absolute Gasteiger partial charge is 0.124 e. The first-order chi connectivity index (χ1) is 26.6. The third-order valence-electron chi connectivity index (χ3n) is 14.2. The van der Waals surface area contributed by atoms with Crippen molar-refractivity contribution in [3.63, 3.8) is 0 Å². The fraction of sp³-hybridized carbons (Fsp3) is 0.500. The molecule has 0 spiro atoms. The minimum absolute atomic E-state index is 0.0140. The first kappa shape index (κ1) is 41.6. The van der Waals surface area contributed by atoms with Crippen molar-refractivity contribution in [2.24, 2.45) is 23.2 Å². The number of hydrogen-bond acceptors (Lipinski definition) is 8. The van der Waals surface area contributed by atoms with Gasteiger partial charge in [-0.15, -0.1) is 0 Å². The topological polar surface area (TPSA) is 162 Å². The van der Waals surface area contributed by atoms with E-state index >= 15 is 0 Å². The van der Waals surface area contributed by atoms with Crippen LogP contribution in [-0.2, 0) is 38.3 Å². The Morgan fingerprint density at radius 2 is 0.982 bits per heavy atom. The number of benzene rings is 4. The molecule has 8 nitrogen and oxygen atoms in total. The van der Waals surface area contributed by atoms with Crippen LogP contribution >= 0.6 is 0 Å². The van der Waals surface area contributed by atoms with Gasteiger partial charge in [0.2, 0.25) is 0 Å². The van der Waals surface area contributed by atoms with Gasteiger partial charge >= 0.3 is 0 Å². The Hall–Kier alpha value is -4.08. The van der Waals surface area contributed by atoms with Gasteiger partial charge in [0.15, 0.2) is 0 Å². The number of aliphatic hydroxyl groups is 4. The second kappa shape index (κ2) is 16.4. The van der Waals surface area contributed by atoms with Crippen LogP contribution in [0.4, 0.5) is 0 Å². The molecule has 0 aliphatic heterocycles. The molecule has 3 atom stereocenters. The van der Waals surface area contributed by atoms with Crippen LogP contribution in [0.25, 0.3) is 0 Å². The Labute approximate surface area is 332 Å². The predicted molar refractivity (Wildman–Crippen MR) is 219 cm³/mol. The van der Waals surface area contributed by atoms with Gasteiger partial charge in [0.05, 0.1) is 26.4 Å². The zero-order chi connectivity index (χ0) is 40.7. The third kappa shape index (κ3) is 7.66. The molecule has 4 aromatic carbocycles. The number of aromatic hydroxyl groups is 4. The van der Waals surface area contributed by atoms with Crippen molar-refractivity contribution < 1.29 is 40.9 Å². The maximum Gasteiger partial charge on any atom is 0.124 e. The second-order valence-electron chi connectivity index (χ2n) is 17.8. The van der Waals surface area contributed by atoms with Crippen LogP contribution in [0, 0.1) is 50.9 Å². The molecule has 0 radical (unpaired) electrons. The molecule has 2 fully saturated rings. The van der Waals surface area contributed by atoms with Gasteiger partial charge in [0, 0.05) is 27.7 Å². The molecular weight excluding hydrogens is 705 g/mol. The van der Waals surface area contributed by atoms with E-state index in [1.165, 1.54) is 0 Å². The summed E-state index contributed by atoms with van der Waals surface area (Å²) in [5, 5.41) is 83.4. The molecule has 0 heterocycles. The van der Waals surface area contributed by atoms with E-state index in [1.54, 1.807) is 0 Å². The van der Waals surface area contributed by atoms with Gasteiger partial charge in [-0.2, -0.15) is 0 Å². The molecule has 4 aromatic rings. The van der Waals surface area contributed by atoms with Gasteiger partial charge in [-0.05, 0) is 177 Å². The van der Waals surface area contributed by atoms with E-state index in [-0.39, 0.29) is 66.7 Å². The lowest BCUT2D eigenvalue weighted by Crippen LogP contribution is -2.42. The summed E-state index contributed by atoms with van der Waals surface area (Å²) in [6.07, 6.45) is 7.32. The number of rotatable bonds is 11. The predicted octanol–water partition coefficient (Wildman–Crippen LogP) is 8.66. The monoisotopic (exact) mass is 766 g/mol. The molecule has 2 aliphatic carbocycles. The first-order valence-corrected chi connectivity index (χ1v) is 20.3. The lowest BCUT2D eigenvalue weighted by atomic mass is 9.53. The van der Waals surface area contributed by atoms with E-state index < -0.39 is 5.41 Å². The average molecular weight is 767 g/mol. The summed E-state index contributed by atoms with van der Waals surface area (Å²) < 4.78 is 0. The van der Waals surface area contributed by atoms with Gasteiger partial charge in [-0.3, -0.25) is 0 Å². The highest BCUT2D eigenvalue weighted by molar-refractivity contribution is 5.53. The van der Waals surface area contributed by atoms with Crippen LogP contribution in [0.3, 0.4) is 0 Å². The molecule has 56 heavy (non-hydrogen) atoms. The number of hydrogen-bond donors (Lipinski definition) is 8. The second-order valence-corrected chi connectivity index (χ2v) is 17.8. The van der Waals surface area contributed by atoms with Gasteiger partial charge < -0.3 is 40.9 Å². The van der Waals surface area contributed by atoms with Crippen LogP contribution in [0.15, 0.2) is 48.5 Å². The van der Waals surface area contributed by atoms with E-state index in [1.807, 2.05) is 70.2 Å². The lowest BCUT2D eigenvalue weighted by molar-refractivity contribution is 0.0275. The largest absolute Gasteiger partial charge is 0.507 e. The van der Waals surface area contributed by atoms with Crippen molar-refractivity contribution >= 4 is 0 Å². The van der Waals surface area contributed by atoms with E-state index in [0.29, 0.717) is 45.2 Å². The van der Waals surface area contributed by atoms with Crippen LogP contribution in [0.2, 0.25) is 0 Å². The molecule has 2 aliphatic rings. The highest BCUT2D eigenvalue weighted by atomic mass is 16.3. The third-order valence-corrected chi connectivity index (χ3v) is 14.2. The van der Waals surface area contributed by atoms with E-state index in [4.69, 9.17) is 0 Å². The summed E-state index contributed by atoms with van der Waals surface area (Å²) in [7, 11) is 0. The number of aryl methyl sites for hydroxylation is 4. The molecule has 2 saturated carbocycles. The molecule has 3 unspecified atom stereocenters. The number of phenols is 4. The van der Waals surface area contributed by atoms with E-state index in [2.05, 4.69) is 19.9 Å². The van der Waals surface area contributed by atoms with E-state index in [0.717, 1.165) is 84.7 Å². The SMILES string of the molecule is Cc1cc(CC2CC(C(C)(C)C3CCC(c4cc(C)c(O)c(CO)c4)(c4cc(C)c(O)c(CO)c4)CC3)CCC2c2cc(C)c(O)c(CO)c2)cc(CO)c1O. The molecule has 302 valence electrons. The molecule has 0 amide bonds. The zero-order valence-electron chi connectivity index (χ0n) is 34.0. The summed E-state index contributed by atoms with van der Waals surface area (Å²) >= 11 is 0. The van der Waals surface area contributed by atoms with Crippen LogP contribution < -0.4 is 0 Å². The van der Waals surface area contributed by atoms with Gasteiger partial charge in [-0.25, -0.2) is 0 Å². The molecule has 8 N–H and O–H groups in total. The van der Waals surface area contributed by atoms with Crippen LogP contribution in [0.1, 0.15) is 131 Å². The summed E-state index contributed by atoms with van der Waals surface area (Å²) in [6.45, 7) is 11.3. The van der Waals surface area contributed by atoms with Crippen molar-refractivity contribution in [2.75, 3.05) is 0 Å². The fourth-order valence-electron chi connectivity index (χ4n) is 10.7. The summed E-state index contributed by atoms with van der Waals surface area (Å²) in [5.41, 5.74) is 8.78. The molecule has 0 saturated heterocycles. The summed E-state index contributed by atoms with van der Waals surface area (Å²) in [5.74, 6) is 1.77. The quantitative estimate of drug-likeness (QED) is 0.0753. The van der Waals surface area contributed by atoms with Crippen molar-refractivity contribution in [1.82, 2.24) is 0 Å². The van der Waals surface area contributed by atoms with Crippen LogP contribution in [0.5, 0.6) is 23.0 Å². The molecule has 0 aromatic heterocycles. The van der Waals surface area contributed by atoms with Crippen molar-refractivity contribution in [2.45, 2.75) is 131 Å². The Morgan fingerprint density at radius 3 is 1.48 bits per heavy atom. The molecule has 8 heteroatoms. The van der Waals surface area contributed by atoms with Gasteiger partial charge in [-0.1, -0.05) is 38.1 Å². The highest BCUT2D eigenvalue weighted by Gasteiger charge is 2.47. The normalized spacial score (nSPS) is 20.4. The van der Waals surface area contributed by atoms with Crippen molar-refractivity contribution in [3.8, 4) is 23.0 Å². The van der Waals surface area contributed by atoms with Crippen molar-refractivity contribution in [1.29, 1.82) is 0 Å². The molecule has 6 rings (SSSR count). The standard InChI is InChI=1S/C48H62O8/c1-27-13-31(18-34(23-49)43(27)53)17-33-20-39(7-8-42(33)32-14-28(2)44(54)35(19-32)24-50)47(5,6)38-9-11-48(12-10-38,40-15-29(3)45(55)36(21-40)25-51)41-16-30(4)46(56)37(22-41)26-52/h13-16,18-19,21-22,33,38-39,42,49-56H,7-12,17,20,23-26H2,1-6H3. The minimum atomic E-state index is -0.445. The average Bonchev–Trinajstić information content (AvgIpc) is 3.19. The maximum absolute atomic E-state index is 10.8. The zero-order valence-corrected chi connectivity index (χ0v) is 34.0.